The van der Waals surface area contributed by atoms with Gasteiger partial charge in [0.1, 0.15) is 11.7 Å². The molecule has 5 aromatic rings. The third-order valence-electron chi connectivity index (χ3n) is 6.72. The van der Waals surface area contributed by atoms with Crippen molar-refractivity contribution < 1.29 is 0 Å². The summed E-state index contributed by atoms with van der Waals surface area (Å²) in [6.07, 6.45) is 3.18. The molecule has 0 amide bonds. The van der Waals surface area contributed by atoms with Crippen molar-refractivity contribution in [2.24, 2.45) is 9.98 Å². The van der Waals surface area contributed by atoms with Gasteiger partial charge in [-0.05, 0) is 35.7 Å². The smallest absolute Gasteiger partial charge is 0.128 e. The second kappa shape index (κ2) is 8.80. The lowest BCUT2D eigenvalue weighted by Crippen LogP contribution is -2.30. The minimum atomic E-state index is 0.876. The van der Waals surface area contributed by atoms with Gasteiger partial charge in [-0.15, -0.1) is 0 Å². The fourth-order valence-electron chi connectivity index (χ4n) is 4.88. The molecule has 6 nitrogen and oxygen atoms in total. The van der Waals surface area contributed by atoms with Crippen LogP contribution in [0.25, 0.3) is 44.2 Å². The van der Waals surface area contributed by atoms with E-state index >= 15 is 0 Å². The highest BCUT2D eigenvalue weighted by molar-refractivity contribution is 6.04. The number of aromatic amines is 2. The summed E-state index contributed by atoms with van der Waals surface area (Å²) >= 11 is 0. The summed E-state index contributed by atoms with van der Waals surface area (Å²) in [6.45, 7) is 1.88. The van der Waals surface area contributed by atoms with E-state index in [1.807, 2.05) is 7.05 Å². The van der Waals surface area contributed by atoms with Gasteiger partial charge in [0, 0.05) is 77.6 Å². The van der Waals surface area contributed by atoms with Crippen LogP contribution in [0.1, 0.15) is 17.5 Å². The van der Waals surface area contributed by atoms with Crippen LogP contribution < -0.4 is 10.6 Å². The first-order chi connectivity index (χ1) is 17.2. The van der Waals surface area contributed by atoms with Crippen molar-refractivity contribution in [3.8, 4) is 22.4 Å². The number of hydrogen-bond donors (Lipinski definition) is 4. The van der Waals surface area contributed by atoms with Crippen molar-refractivity contribution >= 4 is 33.5 Å². The summed E-state index contributed by atoms with van der Waals surface area (Å²) in [4.78, 5) is 16.0. The van der Waals surface area contributed by atoms with Crippen LogP contribution in [0.4, 0.5) is 0 Å². The second-order valence-electron chi connectivity index (χ2n) is 8.86. The van der Waals surface area contributed by atoms with E-state index in [9.17, 15) is 0 Å². The van der Waals surface area contributed by atoms with E-state index in [1.54, 1.807) is 7.05 Å². The molecule has 1 aliphatic heterocycles. The molecule has 0 radical (unpaired) electrons. The van der Waals surface area contributed by atoms with E-state index < -0.39 is 0 Å². The molecule has 4 N–H and O–H groups in total. The van der Waals surface area contributed by atoms with E-state index in [0.717, 1.165) is 59.0 Å². The van der Waals surface area contributed by atoms with Gasteiger partial charge in [0.2, 0.25) is 0 Å². The van der Waals surface area contributed by atoms with Gasteiger partial charge < -0.3 is 20.6 Å². The van der Waals surface area contributed by atoms with E-state index in [-0.39, 0.29) is 0 Å². The van der Waals surface area contributed by atoms with Gasteiger partial charge in [0.15, 0.2) is 0 Å². The van der Waals surface area contributed by atoms with Crippen LogP contribution in [0.15, 0.2) is 82.9 Å². The number of rotatable bonds is 4. The molecule has 0 unspecified atom stereocenters. The highest BCUT2D eigenvalue weighted by Gasteiger charge is 2.12. The molecule has 0 fully saturated rings. The lowest BCUT2D eigenvalue weighted by atomic mass is 10.0. The highest BCUT2D eigenvalue weighted by Crippen LogP contribution is 2.32. The number of nitrogens with one attached hydrogen (secondary N) is 4. The average Bonchev–Trinajstić information content (AvgIpc) is 3.54. The average molecular weight is 461 g/mol. The van der Waals surface area contributed by atoms with E-state index in [1.165, 1.54) is 27.5 Å². The van der Waals surface area contributed by atoms with Gasteiger partial charge in [0.25, 0.3) is 0 Å². The summed E-state index contributed by atoms with van der Waals surface area (Å²) in [7, 11) is 3.69. The Morgan fingerprint density at radius 2 is 1.74 bits per heavy atom. The largest absolute Gasteiger partial charge is 0.373 e. The van der Waals surface area contributed by atoms with Crippen molar-refractivity contribution in [2.45, 2.75) is 6.42 Å². The van der Waals surface area contributed by atoms with Gasteiger partial charge in [-0.2, -0.15) is 0 Å². The van der Waals surface area contributed by atoms with Gasteiger partial charge in [-0.3, -0.25) is 9.98 Å². The molecular weight excluding hydrogens is 432 g/mol. The molecule has 35 heavy (non-hydrogen) atoms. The Bertz CT molecular complexity index is 1580. The fourth-order valence-corrected chi connectivity index (χ4v) is 4.88. The standard InChI is InChI=1S/C29H28N6/c1-30-28(31-2)21-10-11-23-24(17-34-27(23)16-21)18-4-6-19(7-5-18)25-14-20-8-9-22(15-26(20)35-25)29-32-12-3-13-33-29/h4-11,14-17,34-35H,3,12-13H2,1-2H3,(H,30,31)(H,32,33). The number of nitrogens with zero attached hydrogens (tertiary/aromatic N) is 2. The number of aromatic nitrogens is 2. The molecule has 3 heterocycles. The Kier molecular flexibility index (Phi) is 5.34. The Morgan fingerprint density at radius 3 is 2.51 bits per heavy atom. The zero-order chi connectivity index (χ0) is 23.8. The first-order valence-corrected chi connectivity index (χ1v) is 12.0. The zero-order valence-corrected chi connectivity index (χ0v) is 19.9. The lowest BCUT2D eigenvalue weighted by molar-refractivity contribution is 0.742. The minimum Gasteiger partial charge on any atom is -0.373 e. The van der Waals surface area contributed by atoms with E-state index in [2.05, 4.69) is 104 Å². The summed E-state index contributed by atoms with van der Waals surface area (Å²) in [5.74, 6) is 1.87. The molecule has 2 aromatic heterocycles. The van der Waals surface area contributed by atoms with Crippen LogP contribution in [0.2, 0.25) is 0 Å². The van der Waals surface area contributed by atoms with Crippen molar-refractivity contribution in [2.75, 3.05) is 27.2 Å². The minimum absolute atomic E-state index is 0.876. The Morgan fingerprint density at radius 1 is 0.914 bits per heavy atom. The molecule has 1 aliphatic rings. The predicted octanol–water partition coefficient (Wildman–Crippen LogP) is 5.32. The summed E-state index contributed by atoms with van der Waals surface area (Å²) in [6, 6.07) is 23.9. The van der Waals surface area contributed by atoms with Gasteiger partial charge in [-0.25, -0.2) is 0 Å². The highest BCUT2D eigenvalue weighted by atomic mass is 15.0. The summed E-state index contributed by atoms with van der Waals surface area (Å²) in [5.41, 5.74) is 9.09. The van der Waals surface area contributed by atoms with Gasteiger partial charge in [-0.1, -0.05) is 48.5 Å². The van der Waals surface area contributed by atoms with Crippen LogP contribution in [0.3, 0.4) is 0 Å². The molecule has 0 spiro atoms. The molecule has 0 saturated heterocycles. The van der Waals surface area contributed by atoms with Crippen LogP contribution >= 0.6 is 0 Å². The maximum absolute atomic E-state index is 4.63. The second-order valence-corrected chi connectivity index (χ2v) is 8.86. The number of fused-ring (bicyclic) bond motifs is 2. The quantitative estimate of drug-likeness (QED) is 0.216. The Hall–Kier alpha value is -4.32. The molecule has 0 aliphatic carbocycles. The molecular formula is C29H28N6. The number of benzene rings is 3. The Balaban J connectivity index is 1.29. The third kappa shape index (κ3) is 3.87. The molecule has 3 aromatic carbocycles. The van der Waals surface area contributed by atoms with Crippen LogP contribution in [-0.2, 0) is 0 Å². The van der Waals surface area contributed by atoms with Crippen LogP contribution in [0, 0.1) is 0 Å². The van der Waals surface area contributed by atoms with Crippen molar-refractivity contribution in [1.29, 1.82) is 0 Å². The first-order valence-electron chi connectivity index (χ1n) is 12.0. The summed E-state index contributed by atoms with van der Waals surface area (Å²) < 4.78 is 0. The molecule has 0 saturated carbocycles. The fraction of sp³-hybridized carbons (Fsp3) is 0.172. The number of H-pyrrole nitrogens is 2. The SMILES string of the molecule is CN=C(NC)c1ccc2c(-c3ccc(-c4cc5ccc(C6=NCCCN6)cc5[nH]4)cc3)c[nH]c2c1. The molecule has 6 rings (SSSR count). The van der Waals surface area contributed by atoms with Crippen LogP contribution in [-0.4, -0.2) is 48.8 Å². The van der Waals surface area contributed by atoms with E-state index in [0.29, 0.717) is 0 Å². The van der Waals surface area contributed by atoms with Crippen molar-refractivity contribution in [1.82, 2.24) is 20.6 Å². The number of hydrogen-bond acceptors (Lipinski definition) is 3. The summed E-state index contributed by atoms with van der Waals surface area (Å²) in [5, 5.41) is 8.96. The van der Waals surface area contributed by atoms with Gasteiger partial charge >= 0.3 is 0 Å². The van der Waals surface area contributed by atoms with Crippen molar-refractivity contribution in [3.05, 3.63) is 84.1 Å². The maximum atomic E-state index is 4.63. The number of amidine groups is 2. The number of aliphatic imine (C=N–C) groups is 2. The third-order valence-corrected chi connectivity index (χ3v) is 6.72. The molecule has 0 atom stereocenters. The zero-order valence-electron chi connectivity index (χ0n) is 19.9. The van der Waals surface area contributed by atoms with Gasteiger partial charge in [0.05, 0.1) is 0 Å². The first kappa shape index (κ1) is 21.2. The Labute approximate surface area is 204 Å². The van der Waals surface area contributed by atoms with E-state index in [4.69, 9.17) is 0 Å². The molecule has 174 valence electrons. The normalized spacial score (nSPS) is 14.2. The topological polar surface area (TPSA) is 80.4 Å². The van der Waals surface area contributed by atoms with Crippen molar-refractivity contribution in [3.63, 3.8) is 0 Å². The van der Waals surface area contributed by atoms with Crippen LogP contribution in [0.5, 0.6) is 0 Å². The lowest BCUT2D eigenvalue weighted by Gasteiger charge is -2.14. The molecule has 0 bridgehead atoms. The predicted molar refractivity (Wildman–Crippen MR) is 147 cm³/mol. The molecule has 6 heteroatoms. The monoisotopic (exact) mass is 460 g/mol. The maximum Gasteiger partial charge on any atom is 0.128 e.